The number of hydrogen-bond acceptors (Lipinski definition) is 4. The summed E-state index contributed by atoms with van der Waals surface area (Å²) in [7, 11) is 0. The maximum absolute atomic E-state index is 12.4. The molecule has 0 aromatic carbocycles. The molecule has 0 aliphatic heterocycles. The molecule has 18 heavy (non-hydrogen) atoms. The van der Waals surface area contributed by atoms with Crippen LogP contribution in [0.15, 0.2) is 18.3 Å². The molecule has 1 heterocycles. The molecule has 0 atom stereocenters. The maximum atomic E-state index is 12.4. The van der Waals surface area contributed by atoms with E-state index >= 15 is 0 Å². The molecule has 98 valence electrons. The van der Waals surface area contributed by atoms with Crippen molar-refractivity contribution in [2.45, 2.75) is 38.6 Å². The van der Waals surface area contributed by atoms with Gasteiger partial charge < -0.3 is 10.3 Å². The number of pyridine rings is 1. The average molecular weight is 248 g/mol. The number of nitrogens with zero attached hydrogens (tertiary/aromatic N) is 2. The molecule has 1 aliphatic rings. The Kier molecular flexibility index (Phi) is 4.15. The van der Waals surface area contributed by atoms with E-state index in [2.05, 4.69) is 17.3 Å². The molecule has 0 spiro atoms. The van der Waals surface area contributed by atoms with Crippen LogP contribution in [-0.4, -0.2) is 28.4 Å². The molecule has 1 fully saturated rings. The molecule has 5 heteroatoms. The van der Waals surface area contributed by atoms with Crippen LogP contribution in [0.5, 0.6) is 0 Å². The van der Waals surface area contributed by atoms with E-state index < -0.39 is 0 Å². The normalized spacial score (nSPS) is 14.3. The molecule has 0 radical (unpaired) electrons. The quantitative estimate of drug-likeness (QED) is 0.594. The summed E-state index contributed by atoms with van der Waals surface area (Å²) < 4.78 is 0. The predicted molar refractivity (Wildman–Crippen MR) is 71.0 cm³/mol. The number of hydrogen-bond donors (Lipinski definition) is 2. The molecule has 1 aromatic heterocycles. The second-order valence-corrected chi connectivity index (χ2v) is 4.66. The minimum absolute atomic E-state index is 0.0167. The SMILES string of the molecule is CCCCN(C(=O)c1cc(NN)ccn1)C1CC1. The van der Waals surface area contributed by atoms with E-state index in [1.807, 2.05) is 4.90 Å². The third kappa shape index (κ3) is 2.98. The molecular formula is C13H20N4O. The van der Waals surface area contributed by atoms with E-state index in [1.165, 1.54) is 0 Å². The summed E-state index contributed by atoms with van der Waals surface area (Å²) in [5, 5.41) is 0. The lowest BCUT2D eigenvalue weighted by Crippen LogP contribution is -2.34. The zero-order valence-corrected chi connectivity index (χ0v) is 10.7. The van der Waals surface area contributed by atoms with Crippen molar-refractivity contribution in [2.24, 2.45) is 5.84 Å². The molecule has 2 rings (SSSR count). The summed E-state index contributed by atoms with van der Waals surface area (Å²) >= 11 is 0. The van der Waals surface area contributed by atoms with Crippen molar-refractivity contribution in [3.05, 3.63) is 24.0 Å². The van der Waals surface area contributed by atoms with Gasteiger partial charge in [-0.05, 0) is 31.4 Å². The molecular weight excluding hydrogens is 228 g/mol. The smallest absolute Gasteiger partial charge is 0.272 e. The van der Waals surface area contributed by atoms with Gasteiger partial charge in [0.15, 0.2) is 0 Å². The fourth-order valence-corrected chi connectivity index (χ4v) is 1.95. The Bertz CT molecular complexity index is 417. The first-order chi connectivity index (χ1) is 8.76. The van der Waals surface area contributed by atoms with Crippen LogP contribution in [0.25, 0.3) is 0 Å². The van der Waals surface area contributed by atoms with Crippen LogP contribution in [0.1, 0.15) is 43.1 Å². The van der Waals surface area contributed by atoms with Crippen LogP contribution < -0.4 is 11.3 Å². The van der Waals surface area contributed by atoms with Gasteiger partial charge in [0.1, 0.15) is 5.69 Å². The molecule has 1 saturated carbocycles. The number of carbonyl (C=O) groups is 1. The number of carbonyl (C=O) groups excluding carboxylic acids is 1. The zero-order valence-electron chi connectivity index (χ0n) is 10.7. The molecule has 3 N–H and O–H groups in total. The average Bonchev–Trinajstić information content (AvgIpc) is 3.23. The summed E-state index contributed by atoms with van der Waals surface area (Å²) in [5.41, 5.74) is 3.71. The number of anilines is 1. The number of rotatable bonds is 6. The Morgan fingerprint density at radius 1 is 1.61 bits per heavy atom. The van der Waals surface area contributed by atoms with E-state index in [9.17, 15) is 4.79 Å². The lowest BCUT2D eigenvalue weighted by molar-refractivity contribution is 0.0735. The molecule has 5 nitrogen and oxygen atoms in total. The minimum atomic E-state index is 0.0167. The number of nitrogens with two attached hydrogens (primary N) is 1. The van der Waals surface area contributed by atoms with Gasteiger partial charge in [0.2, 0.25) is 0 Å². The highest BCUT2D eigenvalue weighted by atomic mass is 16.2. The van der Waals surface area contributed by atoms with Crippen LogP contribution in [0, 0.1) is 0 Å². The Morgan fingerprint density at radius 3 is 3.00 bits per heavy atom. The van der Waals surface area contributed by atoms with E-state index in [0.29, 0.717) is 17.4 Å². The highest BCUT2D eigenvalue weighted by molar-refractivity contribution is 5.93. The van der Waals surface area contributed by atoms with E-state index in [-0.39, 0.29) is 5.91 Å². The third-order valence-electron chi connectivity index (χ3n) is 3.15. The fourth-order valence-electron chi connectivity index (χ4n) is 1.95. The Morgan fingerprint density at radius 2 is 2.39 bits per heavy atom. The van der Waals surface area contributed by atoms with Crippen molar-refractivity contribution in [3.63, 3.8) is 0 Å². The van der Waals surface area contributed by atoms with Crippen LogP contribution in [0.2, 0.25) is 0 Å². The number of aromatic nitrogens is 1. The highest BCUT2D eigenvalue weighted by Crippen LogP contribution is 2.28. The van der Waals surface area contributed by atoms with Gasteiger partial charge in [0.25, 0.3) is 5.91 Å². The van der Waals surface area contributed by atoms with Crippen molar-refractivity contribution in [2.75, 3.05) is 12.0 Å². The number of nitrogens with one attached hydrogen (secondary N) is 1. The molecule has 1 aromatic rings. The van der Waals surface area contributed by atoms with Gasteiger partial charge in [0, 0.05) is 18.8 Å². The van der Waals surface area contributed by atoms with E-state index in [4.69, 9.17) is 5.84 Å². The van der Waals surface area contributed by atoms with Crippen molar-refractivity contribution in [3.8, 4) is 0 Å². The van der Waals surface area contributed by atoms with Gasteiger partial charge in [-0.3, -0.25) is 15.6 Å². The Labute approximate surface area is 107 Å². The van der Waals surface area contributed by atoms with Gasteiger partial charge in [0.05, 0.1) is 5.69 Å². The number of hydrazine groups is 1. The van der Waals surface area contributed by atoms with Crippen LogP contribution in [-0.2, 0) is 0 Å². The van der Waals surface area contributed by atoms with E-state index in [0.717, 1.165) is 32.2 Å². The van der Waals surface area contributed by atoms with Crippen molar-refractivity contribution >= 4 is 11.6 Å². The van der Waals surface area contributed by atoms with Gasteiger partial charge in [-0.25, -0.2) is 0 Å². The third-order valence-corrected chi connectivity index (χ3v) is 3.15. The standard InChI is InChI=1S/C13H20N4O/c1-2-3-8-17(11-4-5-11)13(18)12-9-10(16-14)6-7-15-12/h6-7,9,11H,2-5,8,14H2,1H3,(H,15,16). The number of nitrogen functional groups attached to an aromatic ring is 1. The van der Waals surface area contributed by atoms with Crippen LogP contribution >= 0.6 is 0 Å². The summed E-state index contributed by atoms with van der Waals surface area (Å²) in [6.45, 7) is 2.95. The predicted octanol–water partition coefficient (Wildman–Crippen LogP) is 1.77. The second-order valence-electron chi connectivity index (χ2n) is 4.66. The maximum Gasteiger partial charge on any atom is 0.272 e. The number of amides is 1. The Balaban J connectivity index is 2.11. The van der Waals surface area contributed by atoms with Crippen molar-refractivity contribution in [1.82, 2.24) is 9.88 Å². The summed E-state index contributed by atoms with van der Waals surface area (Å²) in [6, 6.07) is 3.86. The first-order valence-electron chi connectivity index (χ1n) is 6.50. The minimum Gasteiger partial charge on any atom is -0.334 e. The highest BCUT2D eigenvalue weighted by Gasteiger charge is 2.33. The first-order valence-corrected chi connectivity index (χ1v) is 6.50. The Hall–Kier alpha value is -1.62. The zero-order chi connectivity index (χ0) is 13.0. The topological polar surface area (TPSA) is 71.2 Å². The monoisotopic (exact) mass is 248 g/mol. The summed E-state index contributed by atoms with van der Waals surface area (Å²) in [5.74, 6) is 5.36. The number of unbranched alkanes of at least 4 members (excludes halogenated alkanes) is 1. The van der Waals surface area contributed by atoms with Gasteiger partial charge in [-0.15, -0.1) is 0 Å². The van der Waals surface area contributed by atoms with Crippen LogP contribution in [0.4, 0.5) is 5.69 Å². The van der Waals surface area contributed by atoms with Gasteiger partial charge >= 0.3 is 0 Å². The second kappa shape index (κ2) is 5.82. The molecule has 1 amide bonds. The van der Waals surface area contributed by atoms with Gasteiger partial charge in [-0.1, -0.05) is 13.3 Å². The summed E-state index contributed by atoms with van der Waals surface area (Å²) in [6.07, 6.45) is 5.97. The lowest BCUT2D eigenvalue weighted by Gasteiger charge is -2.21. The molecule has 1 aliphatic carbocycles. The lowest BCUT2D eigenvalue weighted by atomic mass is 10.2. The van der Waals surface area contributed by atoms with Crippen LogP contribution in [0.3, 0.4) is 0 Å². The molecule has 0 bridgehead atoms. The first kappa shape index (κ1) is 12.8. The van der Waals surface area contributed by atoms with Crippen molar-refractivity contribution < 1.29 is 4.79 Å². The van der Waals surface area contributed by atoms with Crippen molar-refractivity contribution in [1.29, 1.82) is 0 Å². The molecule has 0 unspecified atom stereocenters. The molecule has 0 saturated heterocycles. The summed E-state index contributed by atoms with van der Waals surface area (Å²) in [4.78, 5) is 18.5. The fraction of sp³-hybridized carbons (Fsp3) is 0.538. The van der Waals surface area contributed by atoms with Gasteiger partial charge in [-0.2, -0.15) is 0 Å². The largest absolute Gasteiger partial charge is 0.334 e. The van der Waals surface area contributed by atoms with E-state index in [1.54, 1.807) is 18.3 Å².